The maximum atomic E-state index is 11.7. The van der Waals surface area contributed by atoms with Gasteiger partial charge in [0.2, 0.25) is 5.91 Å². The Bertz CT molecular complexity index is 601. The molecule has 0 bridgehead atoms. The molecule has 0 aliphatic rings. The van der Waals surface area contributed by atoms with Crippen molar-refractivity contribution in [3.05, 3.63) is 48.0 Å². The molecular formula is C16H22N4O. The van der Waals surface area contributed by atoms with Crippen molar-refractivity contribution in [1.29, 1.82) is 0 Å². The van der Waals surface area contributed by atoms with Crippen molar-refractivity contribution < 1.29 is 4.79 Å². The molecular weight excluding hydrogens is 264 g/mol. The molecule has 0 fully saturated rings. The average molecular weight is 286 g/mol. The predicted octanol–water partition coefficient (Wildman–Crippen LogP) is 2.22. The Morgan fingerprint density at radius 3 is 2.52 bits per heavy atom. The third-order valence-corrected chi connectivity index (χ3v) is 3.44. The molecule has 1 heterocycles. The van der Waals surface area contributed by atoms with E-state index in [9.17, 15) is 4.79 Å². The molecule has 0 aliphatic heterocycles. The Kier molecular flexibility index (Phi) is 4.62. The number of carbonyl (C=O) groups is 1. The zero-order valence-electron chi connectivity index (χ0n) is 13.0. The maximum absolute atomic E-state index is 11.7. The normalized spacial score (nSPS) is 12.0. The van der Waals surface area contributed by atoms with Crippen LogP contribution in [0, 0.1) is 0 Å². The van der Waals surface area contributed by atoms with Crippen LogP contribution >= 0.6 is 0 Å². The number of imidazole rings is 1. The van der Waals surface area contributed by atoms with Gasteiger partial charge in [0.05, 0.1) is 12.5 Å². The number of nitrogens with zero attached hydrogens (tertiary/aromatic N) is 3. The molecule has 0 radical (unpaired) electrons. The van der Waals surface area contributed by atoms with Gasteiger partial charge in [0, 0.05) is 39.2 Å². The van der Waals surface area contributed by atoms with E-state index in [1.54, 1.807) is 25.2 Å². The lowest BCUT2D eigenvalue weighted by Crippen LogP contribution is -2.23. The minimum absolute atomic E-state index is 0.108. The number of aromatic nitrogens is 2. The highest BCUT2D eigenvalue weighted by molar-refractivity contribution is 5.78. The van der Waals surface area contributed by atoms with Crippen LogP contribution in [0.25, 0.3) is 0 Å². The summed E-state index contributed by atoms with van der Waals surface area (Å²) in [5.41, 5.74) is 2.04. The molecule has 21 heavy (non-hydrogen) atoms. The Labute approximate surface area is 125 Å². The van der Waals surface area contributed by atoms with Crippen molar-refractivity contribution in [3.8, 4) is 0 Å². The summed E-state index contributed by atoms with van der Waals surface area (Å²) in [6.07, 6.45) is 4.16. The van der Waals surface area contributed by atoms with Crippen molar-refractivity contribution in [2.75, 3.05) is 19.4 Å². The van der Waals surface area contributed by atoms with Crippen molar-refractivity contribution in [2.24, 2.45) is 7.05 Å². The van der Waals surface area contributed by atoms with Gasteiger partial charge in [-0.25, -0.2) is 4.98 Å². The summed E-state index contributed by atoms with van der Waals surface area (Å²) in [6.45, 7) is 2.08. The van der Waals surface area contributed by atoms with E-state index in [-0.39, 0.29) is 11.9 Å². The summed E-state index contributed by atoms with van der Waals surface area (Å²) in [5.74, 6) is 1.10. The van der Waals surface area contributed by atoms with Crippen molar-refractivity contribution in [2.45, 2.75) is 19.4 Å². The molecule has 1 atom stereocenters. The number of nitrogens with one attached hydrogen (secondary N) is 1. The molecule has 0 aliphatic carbocycles. The average Bonchev–Trinajstić information content (AvgIpc) is 2.87. The lowest BCUT2D eigenvalue weighted by atomic mass is 10.1. The maximum Gasteiger partial charge on any atom is 0.226 e. The summed E-state index contributed by atoms with van der Waals surface area (Å²) in [6, 6.07) is 8.08. The van der Waals surface area contributed by atoms with Crippen LogP contribution in [-0.2, 0) is 18.3 Å². The first-order chi connectivity index (χ1) is 9.97. The van der Waals surface area contributed by atoms with Crippen LogP contribution in [0.4, 0.5) is 5.69 Å². The van der Waals surface area contributed by atoms with E-state index >= 15 is 0 Å². The number of likely N-dealkylation sites (N-methyl/N-ethyl adjacent to an activating group) is 1. The van der Waals surface area contributed by atoms with Gasteiger partial charge in [-0.05, 0) is 24.6 Å². The highest BCUT2D eigenvalue weighted by atomic mass is 16.2. The zero-order valence-corrected chi connectivity index (χ0v) is 13.0. The van der Waals surface area contributed by atoms with E-state index in [4.69, 9.17) is 0 Å². The highest BCUT2D eigenvalue weighted by Crippen LogP contribution is 2.18. The molecule has 1 N–H and O–H groups in total. The number of anilines is 1. The van der Waals surface area contributed by atoms with Gasteiger partial charge in [-0.15, -0.1) is 0 Å². The van der Waals surface area contributed by atoms with Crippen LogP contribution in [0.1, 0.15) is 24.4 Å². The highest BCUT2D eigenvalue weighted by Gasteiger charge is 2.10. The molecule has 2 rings (SSSR count). The van der Waals surface area contributed by atoms with Gasteiger partial charge < -0.3 is 14.8 Å². The first kappa shape index (κ1) is 15.1. The predicted molar refractivity (Wildman–Crippen MR) is 84.1 cm³/mol. The minimum Gasteiger partial charge on any atom is -0.375 e. The van der Waals surface area contributed by atoms with Gasteiger partial charge in [0.1, 0.15) is 5.82 Å². The standard InChI is InChI=1S/C16H22N4O/c1-12(16-17-9-10-20(16)4)18-14-7-5-13(6-8-14)11-15(21)19(2)3/h5-10,12,18H,11H2,1-4H3. The molecule has 5 heteroatoms. The van der Waals surface area contributed by atoms with Gasteiger partial charge in [0.25, 0.3) is 0 Å². The number of amides is 1. The third-order valence-electron chi connectivity index (χ3n) is 3.44. The molecule has 5 nitrogen and oxygen atoms in total. The second-order valence-electron chi connectivity index (χ2n) is 5.42. The second-order valence-corrected chi connectivity index (χ2v) is 5.42. The van der Waals surface area contributed by atoms with Crippen LogP contribution in [0.5, 0.6) is 0 Å². The molecule has 1 aromatic carbocycles. The van der Waals surface area contributed by atoms with E-state index < -0.39 is 0 Å². The van der Waals surface area contributed by atoms with Crippen LogP contribution in [0.15, 0.2) is 36.7 Å². The van der Waals surface area contributed by atoms with Crippen molar-refractivity contribution in [3.63, 3.8) is 0 Å². The quantitative estimate of drug-likeness (QED) is 0.917. The molecule has 1 aromatic heterocycles. The minimum atomic E-state index is 0.108. The van der Waals surface area contributed by atoms with Crippen LogP contribution in [0.2, 0.25) is 0 Å². The molecule has 0 saturated heterocycles. The Hall–Kier alpha value is -2.30. The van der Waals surface area contributed by atoms with Gasteiger partial charge >= 0.3 is 0 Å². The molecule has 2 aromatic rings. The van der Waals surface area contributed by atoms with Crippen LogP contribution < -0.4 is 5.32 Å². The SMILES string of the molecule is CC(Nc1ccc(CC(=O)N(C)C)cc1)c1nccn1C. The van der Waals surface area contributed by atoms with Gasteiger partial charge in [0.15, 0.2) is 0 Å². The second kappa shape index (κ2) is 6.43. The number of aryl methyl sites for hydroxylation is 1. The number of hydrogen-bond donors (Lipinski definition) is 1. The third kappa shape index (κ3) is 3.84. The fraction of sp³-hybridized carbons (Fsp3) is 0.375. The molecule has 1 unspecified atom stereocenters. The number of rotatable bonds is 5. The number of carbonyl (C=O) groups excluding carboxylic acids is 1. The summed E-state index contributed by atoms with van der Waals surface area (Å²) >= 11 is 0. The lowest BCUT2D eigenvalue weighted by molar-refractivity contribution is -0.127. The molecule has 0 saturated carbocycles. The number of benzene rings is 1. The summed E-state index contributed by atoms with van der Waals surface area (Å²) < 4.78 is 2.00. The lowest BCUT2D eigenvalue weighted by Gasteiger charge is -2.15. The molecule has 0 spiro atoms. The first-order valence-corrected chi connectivity index (χ1v) is 7.00. The largest absolute Gasteiger partial charge is 0.375 e. The zero-order chi connectivity index (χ0) is 15.4. The summed E-state index contributed by atoms with van der Waals surface area (Å²) in [4.78, 5) is 17.6. The Morgan fingerprint density at radius 1 is 1.33 bits per heavy atom. The first-order valence-electron chi connectivity index (χ1n) is 7.00. The summed E-state index contributed by atoms with van der Waals surface area (Å²) in [7, 11) is 5.52. The summed E-state index contributed by atoms with van der Waals surface area (Å²) in [5, 5.41) is 3.41. The monoisotopic (exact) mass is 286 g/mol. The Balaban J connectivity index is 1.99. The van der Waals surface area contributed by atoms with Crippen molar-refractivity contribution in [1.82, 2.24) is 14.5 Å². The van der Waals surface area contributed by atoms with E-state index in [2.05, 4.69) is 17.2 Å². The van der Waals surface area contributed by atoms with Crippen molar-refractivity contribution >= 4 is 11.6 Å². The van der Waals surface area contributed by atoms with E-state index in [0.717, 1.165) is 17.1 Å². The van der Waals surface area contributed by atoms with Crippen LogP contribution in [-0.4, -0.2) is 34.5 Å². The molecule has 1 amide bonds. The topological polar surface area (TPSA) is 50.2 Å². The van der Waals surface area contributed by atoms with E-state index in [1.807, 2.05) is 42.1 Å². The van der Waals surface area contributed by atoms with E-state index in [0.29, 0.717) is 6.42 Å². The smallest absolute Gasteiger partial charge is 0.226 e. The fourth-order valence-electron chi connectivity index (χ4n) is 2.16. The van der Waals surface area contributed by atoms with Gasteiger partial charge in [-0.2, -0.15) is 0 Å². The number of hydrogen-bond acceptors (Lipinski definition) is 3. The fourth-order valence-corrected chi connectivity index (χ4v) is 2.16. The van der Waals surface area contributed by atoms with Gasteiger partial charge in [-0.3, -0.25) is 4.79 Å². The Morgan fingerprint density at radius 2 is 2.00 bits per heavy atom. The van der Waals surface area contributed by atoms with Crippen LogP contribution in [0.3, 0.4) is 0 Å². The molecule has 112 valence electrons. The van der Waals surface area contributed by atoms with E-state index in [1.165, 1.54) is 0 Å². The van der Waals surface area contributed by atoms with Gasteiger partial charge in [-0.1, -0.05) is 12.1 Å².